The first-order valence-electron chi connectivity index (χ1n) is 8.89. The number of nitrogens with one attached hydrogen (secondary N) is 1. The molecule has 9 heteroatoms. The molecule has 1 N–H and O–H groups in total. The predicted molar refractivity (Wildman–Crippen MR) is 119 cm³/mol. The van der Waals surface area contributed by atoms with Gasteiger partial charge in [0.25, 0.3) is 5.56 Å². The molecule has 1 aromatic heterocycles. The standard InChI is InChI=1S/C21H17Cl2N3O3S/c1-3-28-17-9-13(18-14(10-24)20(27)26-21(25-18)30-2)8-16(23)19(17)29-11-12-6-4-5-7-15(12)22/h4-9H,3,11H2,1-2H3,(H,25,26,27). The molecule has 0 bridgehead atoms. The molecule has 0 fully saturated rings. The van der Waals surface area contributed by atoms with Crippen LogP contribution in [0.5, 0.6) is 11.5 Å². The van der Waals surface area contributed by atoms with E-state index in [1.165, 1.54) is 11.8 Å². The summed E-state index contributed by atoms with van der Waals surface area (Å²) in [7, 11) is 0. The van der Waals surface area contributed by atoms with E-state index in [2.05, 4.69) is 9.97 Å². The van der Waals surface area contributed by atoms with Crippen LogP contribution in [-0.4, -0.2) is 22.8 Å². The molecule has 2 aromatic carbocycles. The number of thioether (sulfide) groups is 1. The van der Waals surface area contributed by atoms with Gasteiger partial charge in [-0.15, -0.1) is 0 Å². The van der Waals surface area contributed by atoms with Gasteiger partial charge in [-0.2, -0.15) is 5.26 Å². The number of nitrogens with zero attached hydrogens (tertiary/aromatic N) is 2. The van der Waals surface area contributed by atoms with E-state index in [9.17, 15) is 10.1 Å². The Hall–Kier alpha value is -2.66. The van der Waals surface area contributed by atoms with Crippen molar-refractivity contribution in [1.29, 1.82) is 5.26 Å². The summed E-state index contributed by atoms with van der Waals surface area (Å²) in [6.07, 6.45) is 1.78. The first-order chi connectivity index (χ1) is 14.5. The lowest BCUT2D eigenvalue weighted by molar-refractivity contribution is 0.269. The maximum atomic E-state index is 12.2. The van der Waals surface area contributed by atoms with Crippen LogP contribution in [0.25, 0.3) is 11.3 Å². The average molecular weight is 462 g/mol. The number of halogens is 2. The monoisotopic (exact) mass is 461 g/mol. The third-order valence-corrected chi connectivity index (χ3v) is 5.35. The van der Waals surface area contributed by atoms with Crippen molar-refractivity contribution in [2.45, 2.75) is 18.7 Å². The summed E-state index contributed by atoms with van der Waals surface area (Å²) in [5.74, 6) is 0.722. The Morgan fingerprint density at radius 2 is 1.97 bits per heavy atom. The van der Waals surface area contributed by atoms with Crippen LogP contribution in [0.2, 0.25) is 10.0 Å². The van der Waals surface area contributed by atoms with Gasteiger partial charge in [0.1, 0.15) is 18.2 Å². The Bertz CT molecular complexity index is 1180. The van der Waals surface area contributed by atoms with Crippen molar-refractivity contribution >= 4 is 35.0 Å². The zero-order valence-electron chi connectivity index (χ0n) is 16.2. The predicted octanol–water partition coefficient (Wildman–Crippen LogP) is 5.31. The number of benzene rings is 2. The van der Waals surface area contributed by atoms with Gasteiger partial charge >= 0.3 is 0 Å². The zero-order chi connectivity index (χ0) is 21.7. The molecule has 6 nitrogen and oxygen atoms in total. The van der Waals surface area contributed by atoms with Gasteiger partial charge in [-0.3, -0.25) is 4.79 Å². The molecule has 0 aliphatic rings. The summed E-state index contributed by atoms with van der Waals surface area (Å²) in [4.78, 5) is 19.2. The van der Waals surface area contributed by atoms with Crippen LogP contribution in [0.1, 0.15) is 18.1 Å². The lowest BCUT2D eigenvalue weighted by Gasteiger charge is -2.16. The largest absolute Gasteiger partial charge is 0.490 e. The fourth-order valence-corrected chi connectivity index (χ4v) is 3.57. The normalized spacial score (nSPS) is 10.5. The first-order valence-corrected chi connectivity index (χ1v) is 10.9. The molecule has 0 amide bonds. The maximum absolute atomic E-state index is 12.2. The number of H-pyrrole nitrogens is 1. The van der Waals surface area contributed by atoms with Gasteiger partial charge < -0.3 is 14.5 Å². The second-order valence-electron chi connectivity index (χ2n) is 6.01. The number of hydrogen-bond acceptors (Lipinski definition) is 6. The zero-order valence-corrected chi connectivity index (χ0v) is 18.5. The fraction of sp³-hybridized carbons (Fsp3) is 0.190. The van der Waals surface area contributed by atoms with Gasteiger partial charge in [-0.05, 0) is 31.4 Å². The van der Waals surface area contributed by atoms with Crippen LogP contribution in [-0.2, 0) is 6.61 Å². The van der Waals surface area contributed by atoms with E-state index in [-0.39, 0.29) is 22.9 Å². The highest BCUT2D eigenvalue weighted by molar-refractivity contribution is 7.98. The Morgan fingerprint density at radius 3 is 2.63 bits per heavy atom. The van der Waals surface area contributed by atoms with E-state index in [1.807, 2.05) is 31.2 Å². The number of aromatic nitrogens is 2. The van der Waals surface area contributed by atoms with E-state index in [0.717, 1.165) is 5.56 Å². The van der Waals surface area contributed by atoms with Gasteiger partial charge in [0.05, 0.1) is 17.3 Å². The quantitative estimate of drug-likeness (QED) is 0.378. The Balaban J connectivity index is 2.06. The van der Waals surface area contributed by atoms with Crippen LogP contribution < -0.4 is 15.0 Å². The summed E-state index contributed by atoms with van der Waals surface area (Å²) < 4.78 is 11.6. The number of ether oxygens (including phenoxy) is 2. The van der Waals surface area contributed by atoms with Crippen LogP contribution in [0.4, 0.5) is 0 Å². The number of hydrogen-bond donors (Lipinski definition) is 1. The highest BCUT2D eigenvalue weighted by atomic mass is 35.5. The van der Waals surface area contributed by atoms with Crippen molar-refractivity contribution in [3.05, 3.63) is 67.9 Å². The number of rotatable bonds is 7. The molecule has 154 valence electrons. The highest BCUT2D eigenvalue weighted by Crippen LogP contribution is 2.40. The summed E-state index contributed by atoms with van der Waals surface area (Å²) in [6.45, 7) is 2.39. The molecule has 0 atom stereocenters. The van der Waals surface area contributed by atoms with E-state index in [1.54, 1.807) is 24.5 Å². The van der Waals surface area contributed by atoms with Gasteiger partial charge in [0, 0.05) is 16.1 Å². The topological polar surface area (TPSA) is 88.0 Å². The van der Waals surface area contributed by atoms with Crippen molar-refractivity contribution in [1.82, 2.24) is 9.97 Å². The third-order valence-electron chi connectivity index (χ3n) is 4.12. The van der Waals surface area contributed by atoms with Crippen LogP contribution in [0, 0.1) is 11.3 Å². The van der Waals surface area contributed by atoms with Crippen molar-refractivity contribution < 1.29 is 9.47 Å². The molecular formula is C21H17Cl2N3O3S. The lowest BCUT2D eigenvalue weighted by Crippen LogP contribution is -2.14. The van der Waals surface area contributed by atoms with Crippen LogP contribution in [0.15, 0.2) is 46.3 Å². The van der Waals surface area contributed by atoms with E-state index in [0.29, 0.717) is 33.8 Å². The van der Waals surface area contributed by atoms with Gasteiger partial charge in [-0.25, -0.2) is 4.98 Å². The number of nitriles is 1. The van der Waals surface area contributed by atoms with Crippen molar-refractivity contribution in [3.63, 3.8) is 0 Å². The highest BCUT2D eigenvalue weighted by Gasteiger charge is 2.19. The minimum absolute atomic E-state index is 0.101. The van der Waals surface area contributed by atoms with Gasteiger partial charge in [0.15, 0.2) is 16.7 Å². The average Bonchev–Trinajstić information content (AvgIpc) is 2.73. The molecule has 3 rings (SSSR count). The van der Waals surface area contributed by atoms with E-state index < -0.39 is 5.56 Å². The molecule has 0 saturated heterocycles. The maximum Gasteiger partial charge on any atom is 0.270 e. The SMILES string of the molecule is CCOc1cc(-c2nc(SC)[nH]c(=O)c2C#N)cc(Cl)c1OCc1ccccc1Cl. The first kappa shape index (κ1) is 22.0. The van der Waals surface area contributed by atoms with Gasteiger partial charge in [-0.1, -0.05) is 53.2 Å². The lowest BCUT2D eigenvalue weighted by atomic mass is 10.1. The van der Waals surface area contributed by atoms with Crippen molar-refractivity contribution in [2.24, 2.45) is 0 Å². The fourth-order valence-electron chi connectivity index (χ4n) is 2.73. The summed E-state index contributed by atoms with van der Waals surface area (Å²) >= 11 is 14.0. The van der Waals surface area contributed by atoms with Crippen molar-refractivity contribution in [3.8, 4) is 28.8 Å². The summed E-state index contributed by atoms with van der Waals surface area (Å²) in [5, 5.41) is 10.7. The Labute approximate surface area is 187 Å². The Kier molecular flexibility index (Phi) is 7.27. The molecule has 0 spiro atoms. The van der Waals surface area contributed by atoms with Crippen LogP contribution >= 0.6 is 35.0 Å². The molecule has 0 aliphatic carbocycles. The molecule has 0 radical (unpaired) electrons. The minimum Gasteiger partial charge on any atom is -0.490 e. The van der Waals surface area contributed by atoms with E-state index in [4.69, 9.17) is 32.7 Å². The molecule has 1 heterocycles. The van der Waals surface area contributed by atoms with Crippen molar-refractivity contribution in [2.75, 3.05) is 12.9 Å². The molecule has 30 heavy (non-hydrogen) atoms. The number of aromatic amines is 1. The molecule has 0 aliphatic heterocycles. The molecule has 3 aromatic rings. The summed E-state index contributed by atoms with van der Waals surface area (Å²) in [6, 6.07) is 12.5. The molecule has 0 unspecified atom stereocenters. The molecule has 0 saturated carbocycles. The summed E-state index contributed by atoms with van der Waals surface area (Å²) in [5.41, 5.74) is 0.892. The van der Waals surface area contributed by atoms with E-state index >= 15 is 0 Å². The third kappa shape index (κ3) is 4.73. The molecular weight excluding hydrogens is 445 g/mol. The van der Waals surface area contributed by atoms with Gasteiger partial charge in [0.2, 0.25) is 0 Å². The second kappa shape index (κ2) is 9.90. The van der Waals surface area contributed by atoms with Crippen LogP contribution in [0.3, 0.4) is 0 Å². The minimum atomic E-state index is -0.514. The Morgan fingerprint density at radius 1 is 1.20 bits per heavy atom. The second-order valence-corrected chi connectivity index (χ2v) is 7.62. The smallest absolute Gasteiger partial charge is 0.270 e.